The van der Waals surface area contributed by atoms with E-state index in [1.807, 2.05) is 23.1 Å². The van der Waals surface area contributed by atoms with Gasteiger partial charge in [0.25, 0.3) is 0 Å². The highest BCUT2D eigenvalue weighted by Gasteiger charge is 2.32. The van der Waals surface area contributed by atoms with E-state index in [9.17, 15) is 9.18 Å². The summed E-state index contributed by atoms with van der Waals surface area (Å²) in [5.41, 5.74) is 1.59. The number of amides is 1. The van der Waals surface area contributed by atoms with E-state index >= 15 is 0 Å². The lowest BCUT2D eigenvalue weighted by molar-refractivity contribution is -0.122. The van der Waals surface area contributed by atoms with E-state index < -0.39 is 0 Å². The normalized spacial score (nSPS) is 15.8. The summed E-state index contributed by atoms with van der Waals surface area (Å²) in [4.78, 5) is 23.6. The van der Waals surface area contributed by atoms with E-state index in [1.165, 1.54) is 12.1 Å². The maximum absolute atomic E-state index is 13.0. The van der Waals surface area contributed by atoms with E-state index in [-0.39, 0.29) is 17.8 Å². The van der Waals surface area contributed by atoms with Gasteiger partial charge in [0.2, 0.25) is 11.9 Å². The molecule has 2 heterocycles. The lowest BCUT2D eigenvalue weighted by atomic mass is 10.2. The topological polar surface area (TPSA) is 70.2 Å². The number of halogens is 2. The minimum absolute atomic E-state index is 0.0927. The molecule has 0 unspecified atom stereocenters. The van der Waals surface area contributed by atoms with Crippen LogP contribution < -0.4 is 15.5 Å². The van der Waals surface area contributed by atoms with Crippen molar-refractivity contribution in [1.29, 1.82) is 0 Å². The van der Waals surface area contributed by atoms with Crippen molar-refractivity contribution in [3.8, 4) is 0 Å². The van der Waals surface area contributed by atoms with Gasteiger partial charge in [0.05, 0.1) is 10.7 Å². The number of nitrogens with zero attached hydrogens (tertiary/aromatic N) is 3. The predicted octanol–water partition coefficient (Wildman–Crippen LogP) is 4.30. The van der Waals surface area contributed by atoms with Gasteiger partial charge in [-0.1, -0.05) is 35.9 Å². The molecule has 30 heavy (non-hydrogen) atoms. The number of aromatic nitrogens is 2. The lowest BCUT2D eigenvalue weighted by Gasteiger charge is -2.24. The zero-order valence-corrected chi connectivity index (χ0v) is 16.9. The summed E-state index contributed by atoms with van der Waals surface area (Å²) >= 11 is 6.21. The minimum atomic E-state index is -0.346. The van der Waals surface area contributed by atoms with Crippen LogP contribution in [0.1, 0.15) is 18.4 Å². The second-order valence-corrected chi connectivity index (χ2v) is 7.45. The van der Waals surface area contributed by atoms with Crippen LogP contribution >= 0.6 is 11.6 Å². The fourth-order valence-corrected chi connectivity index (χ4v) is 3.63. The minimum Gasteiger partial charge on any atom is -0.350 e. The molecule has 1 saturated heterocycles. The van der Waals surface area contributed by atoms with Crippen LogP contribution in [0.4, 0.5) is 21.8 Å². The molecule has 0 bridgehead atoms. The monoisotopic (exact) mass is 425 g/mol. The van der Waals surface area contributed by atoms with Crippen LogP contribution in [-0.2, 0) is 11.3 Å². The molecule has 8 heteroatoms. The molecule has 1 fully saturated rings. The maximum Gasteiger partial charge on any atom is 0.243 e. The van der Waals surface area contributed by atoms with Crippen LogP contribution in [0.3, 0.4) is 0 Å². The number of carbonyl (C=O) groups excluding carboxylic acids is 1. The smallest absolute Gasteiger partial charge is 0.243 e. The molecule has 2 aromatic carbocycles. The van der Waals surface area contributed by atoms with Gasteiger partial charge in [-0.3, -0.25) is 4.79 Å². The van der Waals surface area contributed by atoms with Crippen molar-refractivity contribution in [2.75, 3.05) is 16.8 Å². The van der Waals surface area contributed by atoms with Crippen LogP contribution in [0.5, 0.6) is 0 Å². The Hall–Kier alpha value is -3.19. The standard InChI is InChI=1S/C22H21ClFN5O/c23-17-4-1-2-5-18(17)27-20-11-12-25-22(28-20)29-13-3-6-19(29)21(30)26-14-15-7-9-16(24)10-8-15/h1-2,4-5,7-12,19H,3,6,13-14H2,(H,26,30)(H,25,27,28)/t19-/m0/s1. The maximum atomic E-state index is 13.0. The Morgan fingerprint density at radius 2 is 1.97 bits per heavy atom. The molecule has 1 aliphatic heterocycles. The number of benzene rings is 2. The second-order valence-electron chi connectivity index (χ2n) is 7.04. The number of para-hydroxylation sites is 1. The van der Waals surface area contributed by atoms with E-state index in [2.05, 4.69) is 20.6 Å². The van der Waals surface area contributed by atoms with Crippen molar-refractivity contribution < 1.29 is 9.18 Å². The third-order valence-electron chi connectivity index (χ3n) is 4.97. The Kier molecular flexibility index (Phi) is 6.09. The van der Waals surface area contributed by atoms with Gasteiger partial charge in [0.15, 0.2) is 0 Å². The average molecular weight is 426 g/mol. The van der Waals surface area contributed by atoms with E-state index in [4.69, 9.17) is 11.6 Å². The highest BCUT2D eigenvalue weighted by atomic mass is 35.5. The largest absolute Gasteiger partial charge is 0.350 e. The number of carbonyl (C=O) groups is 1. The summed E-state index contributed by atoms with van der Waals surface area (Å²) < 4.78 is 13.0. The van der Waals surface area contributed by atoms with Gasteiger partial charge in [-0.05, 0) is 48.7 Å². The summed E-state index contributed by atoms with van der Waals surface area (Å²) in [5, 5.41) is 6.72. The zero-order valence-electron chi connectivity index (χ0n) is 16.2. The first kappa shape index (κ1) is 20.1. The Balaban J connectivity index is 1.44. The lowest BCUT2D eigenvalue weighted by Crippen LogP contribution is -2.43. The van der Waals surface area contributed by atoms with Crippen LogP contribution in [-0.4, -0.2) is 28.5 Å². The molecule has 1 aromatic heterocycles. The Bertz CT molecular complexity index is 1030. The molecule has 0 spiro atoms. The first-order chi connectivity index (χ1) is 14.6. The summed E-state index contributed by atoms with van der Waals surface area (Å²) in [6.07, 6.45) is 3.26. The molecule has 1 amide bonds. The summed E-state index contributed by atoms with van der Waals surface area (Å²) in [6.45, 7) is 1.04. The summed E-state index contributed by atoms with van der Waals surface area (Å²) in [5.74, 6) is 0.705. The van der Waals surface area contributed by atoms with Crippen molar-refractivity contribution in [1.82, 2.24) is 15.3 Å². The van der Waals surface area contributed by atoms with Crippen LogP contribution in [0.15, 0.2) is 60.8 Å². The number of hydrogen-bond acceptors (Lipinski definition) is 5. The highest BCUT2D eigenvalue weighted by molar-refractivity contribution is 6.33. The van der Waals surface area contributed by atoms with Gasteiger partial charge in [-0.2, -0.15) is 4.98 Å². The molecule has 0 radical (unpaired) electrons. The van der Waals surface area contributed by atoms with Crippen molar-refractivity contribution in [2.24, 2.45) is 0 Å². The quantitative estimate of drug-likeness (QED) is 0.616. The SMILES string of the molecule is O=C(NCc1ccc(F)cc1)[C@@H]1CCCN1c1nccc(Nc2ccccc2Cl)n1. The van der Waals surface area contributed by atoms with Crippen molar-refractivity contribution in [3.63, 3.8) is 0 Å². The molecule has 2 N–H and O–H groups in total. The Labute approximate surface area is 179 Å². The Morgan fingerprint density at radius 3 is 2.77 bits per heavy atom. The number of anilines is 3. The van der Waals surface area contributed by atoms with Gasteiger partial charge < -0.3 is 15.5 Å². The predicted molar refractivity (Wildman–Crippen MR) is 115 cm³/mol. The van der Waals surface area contributed by atoms with Gasteiger partial charge in [-0.15, -0.1) is 0 Å². The molecule has 4 rings (SSSR count). The van der Waals surface area contributed by atoms with Crippen LogP contribution in [0, 0.1) is 5.82 Å². The van der Waals surface area contributed by atoms with Crippen LogP contribution in [0.25, 0.3) is 0 Å². The van der Waals surface area contributed by atoms with E-state index in [1.54, 1.807) is 30.5 Å². The third-order valence-corrected chi connectivity index (χ3v) is 5.30. The number of rotatable bonds is 6. The molecule has 0 aliphatic carbocycles. The average Bonchev–Trinajstić information content (AvgIpc) is 3.25. The first-order valence-corrected chi connectivity index (χ1v) is 10.1. The van der Waals surface area contributed by atoms with Crippen molar-refractivity contribution >= 4 is 35.0 Å². The molecule has 6 nitrogen and oxygen atoms in total. The third kappa shape index (κ3) is 4.68. The van der Waals surface area contributed by atoms with E-state index in [0.717, 1.165) is 24.1 Å². The van der Waals surface area contributed by atoms with Crippen molar-refractivity contribution in [3.05, 3.63) is 77.2 Å². The van der Waals surface area contributed by atoms with Gasteiger partial charge in [0, 0.05) is 19.3 Å². The fourth-order valence-electron chi connectivity index (χ4n) is 3.44. The van der Waals surface area contributed by atoms with Gasteiger partial charge in [0.1, 0.15) is 17.7 Å². The molecule has 1 atom stereocenters. The van der Waals surface area contributed by atoms with Gasteiger partial charge >= 0.3 is 0 Å². The number of hydrogen-bond donors (Lipinski definition) is 2. The van der Waals surface area contributed by atoms with Gasteiger partial charge in [-0.25, -0.2) is 9.37 Å². The highest BCUT2D eigenvalue weighted by Crippen LogP contribution is 2.27. The fraction of sp³-hybridized carbons (Fsp3) is 0.227. The first-order valence-electron chi connectivity index (χ1n) is 9.73. The van der Waals surface area contributed by atoms with Crippen molar-refractivity contribution in [2.45, 2.75) is 25.4 Å². The molecule has 1 aliphatic rings. The molecule has 154 valence electrons. The second kappa shape index (κ2) is 9.09. The van der Waals surface area contributed by atoms with Crippen LogP contribution in [0.2, 0.25) is 5.02 Å². The Morgan fingerprint density at radius 1 is 1.17 bits per heavy atom. The molecule has 3 aromatic rings. The summed E-state index contributed by atoms with van der Waals surface area (Å²) in [7, 11) is 0. The molecule has 0 saturated carbocycles. The molecular weight excluding hydrogens is 405 g/mol. The van der Waals surface area contributed by atoms with E-state index in [0.29, 0.717) is 29.9 Å². The number of nitrogens with one attached hydrogen (secondary N) is 2. The summed E-state index contributed by atoms with van der Waals surface area (Å²) in [6, 6.07) is 14.9. The zero-order chi connectivity index (χ0) is 20.9. The molecular formula is C22H21ClFN5O.